The molecule has 2 aromatic rings. The summed E-state index contributed by atoms with van der Waals surface area (Å²) in [6.07, 6.45) is 4.92. The number of nitrogens with zero attached hydrogens (tertiary/aromatic N) is 3. The number of carbonyl (C=O) groups excluding carboxylic acids is 2. The molecule has 2 N–H and O–H groups in total. The molecule has 0 bridgehead atoms. The Morgan fingerprint density at radius 1 is 1.27 bits per heavy atom. The van der Waals surface area contributed by atoms with E-state index in [2.05, 4.69) is 20.7 Å². The van der Waals surface area contributed by atoms with Crippen LogP contribution in [0.3, 0.4) is 0 Å². The number of carbonyl (C=O) groups is 2. The van der Waals surface area contributed by atoms with E-state index in [-0.39, 0.29) is 11.9 Å². The lowest BCUT2D eigenvalue weighted by Gasteiger charge is -2.31. The number of pyridine rings is 1. The third kappa shape index (κ3) is 4.91. The molecule has 1 aliphatic rings. The quantitative estimate of drug-likeness (QED) is 0.772. The lowest BCUT2D eigenvalue weighted by molar-refractivity contribution is 0.0504. The summed E-state index contributed by atoms with van der Waals surface area (Å²) in [6.45, 7) is 11.8. The summed E-state index contributed by atoms with van der Waals surface area (Å²) in [5, 5.41) is 11.3. The molecule has 1 aliphatic carbocycles. The summed E-state index contributed by atoms with van der Waals surface area (Å²) in [5.41, 5.74) is 0.943. The number of hydrogen-bond donors (Lipinski definition) is 2. The van der Waals surface area contributed by atoms with Crippen LogP contribution in [0.25, 0.3) is 11.0 Å². The highest BCUT2D eigenvalue weighted by molar-refractivity contribution is 5.98. The molecule has 2 aromatic heterocycles. The van der Waals surface area contributed by atoms with E-state index in [0.717, 1.165) is 36.7 Å². The predicted octanol–water partition coefficient (Wildman–Crippen LogP) is 3.89. The Hall–Kier alpha value is -2.64. The number of rotatable bonds is 5. The molecule has 0 radical (unpaired) electrons. The number of alkyl carbamates (subject to hydrolysis) is 1. The van der Waals surface area contributed by atoms with Gasteiger partial charge in [-0.15, -0.1) is 0 Å². The van der Waals surface area contributed by atoms with Crippen molar-refractivity contribution in [3.05, 3.63) is 23.5 Å². The van der Waals surface area contributed by atoms with E-state index in [1.807, 2.05) is 52.3 Å². The molecule has 30 heavy (non-hydrogen) atoms. The van der Waals surface area contributed by atoms with Crippen LogP contribution >= 0.6 is 0 Å². The van der Waals surface area contributed by atoms with Crippen molar-refractivity contribution in [2.45, 2.75) is 84.4 Å². The number of hydrogen-bond acceptors (Lipinski definition) is 5. The second-order valence-electron chi connectivity index (χ2n) is 9.51. The average molecular weight is 416 g/mol. The van der Waals surface area contributed by atoms with Gasteiger partial charge in [0.1, 0.15) is 5.60 Å². The van der Waals surface area contributed by atoms with Gasteiger partial charge in [-0.05, 0) is 60.5 Å². The van der Waals surface area contributed by atoms with Crippen LogP contribution in [0.1, 0.15) is 82.4 Å². The van der Waals surface area contributed by atoms with Crippen LogP contribution in [0.15, 0.2) is 12.3 Å². The van der Waals surface area contributed by atoms with Crippen molar-refractivity contribution in [1.29, 1.82) is 0 Å². The Balaban J connectivity index is 1.77. The summed E-state index contributed by atoms with van der Waals surface area (Å²) in [7, 11) is 0. The van der Waals surface area contributed by atoms with Crippen LogP contribution in [0.4, 0.5) is 4.79 Å². The minimum absolute atomic E-state index is 0.174. The van der Waals surface area contributed by atoms with Crippen LogP contribution < -0.4 is 10.6 Å². The maximum atomic E-state index is 13.2. The Labute approximate surface area is 177 Å². The zero-order valence-electron chi connectivity index (χ0n) is 18.8. The maximum Gasteiger partial charge on any atom is 0.407 e. The number of aryl methyl sites for hydroxylation is 1. The van der Waals surface area contributed by atoms with Crippen molar-refractivity contribution in [3.8, 4) is 0 Å². The van der Waals surface area contributed by atoms with Gasteiger partial charge in [-0.3, -0.25) is 4.79 Å². The third-order valence-electron chi connectivity index (χ3n) is 5.40. The fourth-order valence-electron chi connectivity index (χ4n) is 3.93. The summed E-state index contributed by atoms with van der Waals surface area (Å²) in [5.74, 6) is -0.174. The smallest absolute Gasteiger partial charge is 0.407 e. The third-order valence-corrected chi connectivity index (χ3v) is 5.40. The molecule has 0 atom stereocenters. The van der Waals surface area contributed by atoms with Crippen LogP contribution in [0.5, 0.6) is 0 Å². The number of ether oxygens (including phenoxy) is 1. The molecule has 0 aromatic carbocycles. The maximum absolute atomic E-state index is 13.2. The fraction of sp³-hybridized carbons (Fsp3) is 0.636. The molecule has 164 valence electrons. The van der Waals surface area contributed by atoms with Crippen LogP contribution in [-0.2, 0) is 4.74 Å². The number of aromatic nitrogens is 3. The summed E-state index contributed by atoms with van der Waals surface area (Å²) in [6, 6.07) is 2.04. The Morgan fingerprint density at radius 2 is 1.93 bits per heavy atom. The van der Waals surface area contributed by atoms with Crippen LogP contribution in [0, 0.1) is 6.92 Å². The largest absolute Gasteiger partial charge is 0.444 e. The molecule has 8 nitrogen and oxygen atoms in total. The van der Waals surface area contributed by atoms with Crippen molar-refractivity contribution in [2.24, 2.45) is 0 Å². The van der Waals surface area contributed by atoms with Crippen molar-refractivity contribution in [2.75, 3.05) is 6.54 Å². The Morgan fingerprint density at radius 3 is 2.53 bits per heavy atom. The molecule has 2 heterocycles. The normalized spacial score (nSPS) is 16.1. The van der Waals surface area contributed by atoms with Gasteiger partial charge in [0.15, 0.2) is 5.65 Å². The minimum atomic E-state index is -0.561. The number of nitrogens with one attached hydrogen (secondary N) is 2. The SMILES string of the molecule is Cc1nc2c(cnn2C(C)C)cc1C(=O)NC1(CNC(=O)OC(C)(C)C)CCCC1. The lowest BCUT2D eigenvalue weighted by atomic mass is 9.96. The molecule has 0 saturated heterocycles. The molecule has 8 heteroatoms. The van der Waals surface area contributed by atoms with Gasteiger partial charge in [0, 0.05) is 18.0 Å². The highest BCUT2D eigenvalue weighted by Crippen LogP contribution is 2.30. The van der Waals surface area contributed by atoms with Gasteiger partial charge in [0.2, 0.25) is 0 Å². The monoisotopic (exact) mass is 415 g/mol. The zero-order valence-corrected chi connectivity index (χ0v) is 18.8. The first-order valence-corrected chi connectivity index (χ1v) is 10.6. The molecule has 1 fully saturated rings. The van der Waals surface area contributed by atoms with Gasteiger partial charge in [0.25, 0.3) is 5.91 Å². The van der Waals surface area contributed by atoms with E-state index in [4.69, 9.17) is 4.74 Å². The van der Waals surface area contributed by atoms with E-state index in [1.54, 1.807) is 6.20 Å². The minimum Gasteiger partial charge on any atom is -0.444 e. The highest BCUT2D eigenvalue weighted by Gasteiger charge is 2.36. The van der Waals surface area contributed by atoms with Gasteiger partial charge < -0.3 is 15.4 Å². The van der Waals surface area contributed by atoms with Crippen molar-refractivity contribution in [1.82, 2.24) is 25.4 Å². The van der Waals surface area contributed by atoms with Gasteiger partial charge >= 0.3 is 6.09 Å². The summed E-state index contributed by atoms with van der Waals surface area (Å²) < 4.78 is 7.19. The molecular weight excluding hydrogens is 382 g/mol. The standard InChI is InChI=1S/C22H33N5O3/c1-14(2)27-18-16(12-24-27)11-17(15(3)25-18)19(28)26-22(9-7-8-10-22)13-23-20(29)30-21(4,5)6/h11-12,14H,7-10,13H2,1-6H3,(H,23,29)(H,26,28). The molecule has 0 aliphatic heterocycles. The van der Waals surface area contributed by atoms with Crippen LogP contribution in [-0.4, -0.2) is 44.4 Å². The van der Waals surface area contributed by atoms with Gasteiger partial charge in [0.05, 0.1) is 23.0 Å². The van der Waals surface area contributed by atoms with Gasteiger partial charge in [-0.2, -0.15) is 5.10 Å². The number of fused-ring (bicyclic) bond motifs is 1. The predicted molar refractivity (Wildman–Crippen MR) is 116 cm³/mol. The zero-order chi connectivity index (χ0) is 22.1. The Bertz CT molecular complexity index is 936. The Kier molecular flexibility index (Phi) is 6.06. The van der Waals surface area contributed by atoms with Crippen LogP contribution in [0.2, 0.25) is 0 Å². The summed E-state index contributed by atoms with van der Waals surface area (Å²) >= 11 is 0. The average Bonchev–Trinajstić information content (AvgIpc) is 3.25. The topological polar surface area (TPSA) is 98.1 Å². The first kappa shape index (κ1) is 22.1. The van der Waals surface area contributed by atoms with E-state index in [9.17, 15) is 9.59 Å². The molecule has 1 saturated carbocycles. The van der Waals surface area contributed by atoms with E-state index in [1.165, 1.54) is 0 Å². The number of amides is 2. The molecule has 3 rings (SSSR count). The highest BCUT2D eigenvalue weighted by atomic mass is 16.6. The first-order valence-electron chi connectivity index (χ1n) is 10.6. The second-order valence-corrected chi connectivity index (χ2v) is 9.51. The fourth-order valence-corrected chi connectivity index (χ4v) is 3.93. The van der Waals surface area contributed by atoms with E-state index >= 15 is 0 Å². The summed E-state index contributed by atoms with van der Waals surface area (Å²) in [4.78, 5) is 29.9. The van der Waals surface area contributed by atoms with E-state index < -0.39 is 17.2 Å². The molecule has 0 unspecified atom stereocenters. The van der Waals surface area contributed by atoms with Crippen molar-refractivity contribution >= 4 is 23.0 Å². The van der Waals surface area contributed by atoms with Crippen molar-refractivity contribution in [3.63, 3.8) is 0 Å². The van der Waals surface area contributed by atoms with E-state index in [0.29, 0.717) is 17.8 Å². The van der Waals surface area contributed by atoms with Gasteiger partial charge in [-0.1, -0.05) is 12.8 Å². The van der Waals surface area contributed by atoms with Crippen molar-refractivity contribution < 1.29 is 14.3 Å². The molecule has 2 amide bonds. The van der Waals surface area contributed by atoms with Gasteiger partial charge in [-0.25, -0.2) is 14.5 Å². The molecule has 0 spiro atoms. The second kappa shape index (κ2) is 8.24. The lowest BCUT2D eigenvalue weighted by Crippen LogP contribution is -2.54. The first-order chi connectivity index (χ1) is 14.0. The molecular formula is C22H33N5O3.